The molecule has 0 fully saturated rings. The van der Waals surface area contributed by atoms with E-state index in [1.807, 2.05) is 51.0 Å². The molecule has 0 spiro atoms. The van der Waals surface area contributed by atoms with Crippen molar-refractivity contribution >= 4 is 54.8 Å². The van der Waals surface area contributed by atoms with Gasteiger partial charge in [-0.1, -0.05) is 35.1 Å². The summed E-state index contributed by atoms with van der Waals surface area (Å²) < 4.78 is 32.3. The largest absolute Gasteiger partial charge is 0.492 e. The SMILES string of the molecule is CCOc1cccc2sc(N(CCCN(C)C)C(=O)CS(=O)(=O)c3ccc(C)cc3)nc12.Cl. The zero-order valence-electron chi connectivity index (χ0n) is 19.3. The van der Waals surface area contributed by atoms with Crippen LogP contribution in [0.15, 0.2) is 47.4 Å². The number of carbonyl (C=O) groups is 1. The van der Waals surface area contributed by atoms with E-state index in [1.165, 1.54) is 16.2 Å². The lowest BCUT2D eigenvalue weighted by Crippen LogP contribution is -2.37. The second-order valence-electron chi connectivity index (χ2n) is 7.81. The number of anilines is 1. The van der Waals surface area contributed by atoms with Gasteiger partial charge >= 0.3 is 0 Å². The van der Waals surface area contributed by atoms with Crippen LogP contribution in [0.3, 0.4) is 0 Å². The van der Waals surface area contributed by atoms with Crippen LogP contribution >= 0.6 is 23.7 Å². The van der Waals surface area contributed by atoms with E-state index in [1.54, 1.807) is 24.3 Å². The summed E-state index contributed by atoms with van der Waals surface area (Å²) in [6, 6.07) is 12.2. The van der Waals surface area contributed by atoms with E-state index in [2.05, 4.69) is 4.98 Å². The van der Waals surface area contributed by atoms with Crippen molar-refractivity contribution in [1.82, 2.24) is 9.88 Å². The van der Waals surface area contributed by atoms with Crippen molar-refractivity contribution in [3.63, 3.8) is 0 Å². The van der Waals surface area contributed by atoms with Crippen LogP contribution in [0, 0.1) is 6.92 Å². The summed E-state index contributed by atoms with van der Waals surface area (Å²) >= 11 is 1.36. The minimum Gasteiger partial charge on any atom is -0.492 e. The fourth-order valence-electron chi connectivity index (χ4n) is 3.24. The first-order valence-electron chi connectivity index (χ1n) is 10.5. The standard InChI is InChI=1S/C23H29N3O4S2.ClH/c1-5-30-19-8-6-9-20-22(19)24-23(31-20)26(15-7-14-25(3)4)21(27)16-32(28,29)18-12-10-17(2)11-13-18;/h6,8-13H,5,7,14-16H2,1-4H3;1H. The van der Waals surface area contributed by atoms with Crippen molar-refractivity contribution in [2.75, 3.05) is 44.4 Å². The number of halogens is 1. The Morgan fingerprint density at radius 1 is 1.09 bits per heavy atom. The molecule has 3 aromatic rings. The molecule has 33 heavy (non-hydrogen) atoms. The molecule has 1 amide bonds. The molecule has 180 valence electrons. The predicted molar refractivity (Wildman–Crippen MR) is 137 cm³/mol. The average molecular weight is 512 g/mol. The molecule has 0 bridgehead atoms. The first-order chi connectivity index (χ1) is 15.2. The van der Waals surface area contributed by atoms with Crippen molar-refractivity contribution in [2.45, 2.75) is 25.2 Å². The number of fused-ring (bicyclic) bond motifs is 1. The lowest BCUT2D eigenvalue weighted by Gasteiger charge is -2.21. The molecule has 0 N–H and O–H groups in total. The van der Waals surface area contributed by atoms with Gasteiger partial charge in [0.25, 0.3) is 0 Å². The molecule has 0 aliphatic carbocycles. The number of amides is 1. The molecule has 0 radical (unpaired) electrons. The number of para-hydroxylation sites is 1. The van der Waals surface area contributed by atoms with Gasteiger partial charge in [0.1, 0.15) is 17.0 Å². The van der Waals surface area contributed by atoms with Gasteiger partial charge in [-0.2, -0.15) is 0 Å². The maximum atomic E-state index is 13.2. The lowest BCUT2D eigenvalue weighted by molar-refractivity contribution is -0.116. The molecule has 1 aromatic heterocycles. The summed E-state index contributed by atoms with van der Waals surface area (Å²) in [4.78, 5) is 21.6. The molecule has 0 unspecified atom stereocenters. The van der Waals surface area contributed by atoms with E-state index in [-0.39, 0.29) is 17.3 Å². The highest BCUT2D eigenvalue weighted by molar-refractivity contribution is 7.92. The number of aromatic nitrogens is 1. The van der Waals surface area contributed by atoms with Gasteiger partial charge in [-0.15, -0.1) is 12.4 Å². The second kappa shape index (κ2) is 11.8. The van der Waals surface area contributed by atoms with Crippen molar-refractivity contribution in [1.29, 1.82) is 0 Å². The third-order valence-corrected chi connectivity index (χ3v) is 7.54. The highest BCUT2D eigenvalue weighted by Gasteiger charge is 2.27. The van der Waals surface area contributed by atoms with Crippen molar-refractivity contribution in [2.24, 2.45) is 0 Å². The minimum absolute atomic E-state index is 0. The van der Waals surface area contributed by atoms with E-state index in [4.69, 9.17) is 4.74 Å². The van der Waals surface area contributed by atoms with Crippen LogP contribution in [0.2, 0.25) is 0 Å². The molecular formula is C23H30ClN3O4S2. The lowest BCUT2D eigenvalue weighted by atomic mass is 10.2. The first kappa shape index (κ1) is 27.0. The number of ether oxygens (including phenoxy) is 1. The molecule has 0 saturated carbocycles. The fraction of sp³-hybridized carbons (Fsp3) is 0.391. The van der Waals surface area contributed by atoms with E-state index in [9.17, 15) is 13.2 Å². The molecule has 1 heterocycles. The number of thiazole rings is 1. The molecule has 10 heteroatoms. The third-order valence-electron chi connectivity index (χ3n) is 4.88. The van der Waals surface area contributed by atoms with Gasteiger partial charge in [0.15, 0.2) is 15.0 Å². The van der Waals surface area contributed by atoms with Crippen molar-refractivity contribution < 1.29 is 17.9 Å². The predicted octanol–water partition coefficient (Wildman–Crippen LogP) is 4.18. The third kappa shape index (κ3) is 6.89. The number of hydrogen-bond donors (Lipinski definition) is 0. The smallest absolute Gasteiger partial charge is 0.244 e. The fourth-order valence-corrected chi connectivity index (χ4v) is 5.47. The summed E-state index contributed by atoms with van der Waals surface area (Å²) in [7, 11) is 0.150. The minimum atomic E-state index is -3.77. The first-order valence-corrected chi connectivity index (χ1v) is 12.9. The molecule has 0 atom stereocenters. The average Bonchev–Trinajstić information content (AvgIpc) is 3.16. The molecular weight excluding hydrogens is 482 g/mol. The number of hydrogen-bond acceptors (Lipinski definition) is 7. The number of sulfone groups is 1. The number of carbonyl (C=O) groups excluding carboxylic acids is 1. The Labute approximate surface area is 205 Å². The molecule has 2 aromatic carbocycles. The number of benzene rings is 2. The van der Waals surface area contributed by atoms with Gasteiger partial charge in [0.2, 0.25) is 5.91 Å². The van der Waals surface area contributed by atoms with E-state index in [0.717, 1.165) is 16.8 Å². The number of nitrogens with zero attached hydrogens (tertiary/aromatic N) is 3. The van der Waals surface area contributed by atoms with Gasteiger partial charge in [-0.3, -0.25) is 9.69 Å². The number of aryl methyl sites for hydroxylation is 1. The van der Waals surface area contributed by atoms with E-state index < -0.39 is 21.5 Å². The van der Waals surface area contributed by atoms with Gasteiger partial charge in [0, 0.05) is 6.54 Å². The normalized spacial score (nSPS) is 11.4. The van der Waals surface area contributed by atoms with Crippen LogP contribution in [0.5, 0.6) is 5.75 Å². The molecule has 7 nitrogen and oxygen atoms in total. The second-order valence-corrected chi connectivity index (χ2v) is 10.8. The van der Waals surface area contributed by atoms with Crippen LogP contribution in [-0.4, -0.2) is 63.8 Å². The summed E-state index contributed by atoms with van der Waals surface area (Å²) in [6.45, 7) is 5.44. The van der Waals surface area contributed by atoms with Crippen molar-refractivity contribution in [3.05, 3.63) is 48.0 Å². The van der Waals surface area contributed by atoms with Crippen LogP contribution in [0.4, 0.5) is 5.13 Å². The quantitative estimate of drug-likeness (QED) is 0.406. The molecule has 0 saturated heterocycles. The Morgan fingerprint density at radius 2 is 1.79 bits per heavy atom. The van der Waals surface area contributed by atoms with Gasteiger partial charge < -0.3 is 9.64 Å². The van der Waals surface area contributed by atoms with E-state index in [0.29, 0.717) is 36.0 Å². The Hall–Kier alpha value is -2.20. The topological polar surface area (TPSA) is 79.8 Å². The van der Waals surface area contributed by atoms with E-state index >= 15 is 0 Å². The Kier molecular flexibility index (Phi) is 9.66. The summed E-state index contributed by atoms with van der Waals surface area (Å²) in [6.07, 6.45) is 0.692. The Bertz CT molecular complexity index is 1180. The van der Waals surface area contributed by atoms with Gasteiger partial charge in [-0.05, 0) is 65.2 Å². The van der Waals surface area contributed by atoms with Crippen LogP contribution in [0.25, 0.3) is 10.2 Å². The van der Waals surface area contributed by atoms with Gasteiger partial charge in [-0.25, -0.2) is 13.4 Å². The maximum Gasteiger partial charge on any atom is 0.244 e. The van der Waals surface area contributed by atoms with Crippen LogP contribution in [0.1, 0.15) is 18.9 Å². The monoisotopic (exact) mass is 511 g/mol. The van der Waals surface area contributed by atoms with Crippen LogP contribution < -0.4 is 9.64 Å². The zero-order chi connectivity index (χ0) is 23.3. The highest BCUT2D eigenvalue weighted by Crippen LogP contribution is 2.34. The maximum absolute atomic E-state index is 13.2. The Balaban J connectivity index is 0.00000385. The molecule has 0 aliphatic heterocycles. The summed E-state index contributed by atoms with van der Waals surface area (Å²) in [5, 5.41) is 0.481. The summed E-state index contributed by atoms with van der Waals surface area (Å²) in [5.74, 6) is -0.437. The summed E-state index contributed by atoms with van der Waals surface area (Å²) in [5.41, 5.74) is 1.64. The zero-order valence-corrected chi connectivity index (χ0v) is 21.7. The number of rotatable bonds is 10. The highest BCUT2D eigenvalue weighted by atomic mass is 35.5. The Morgan fingerprint density at radius 3 is 2.42 bits per heavy atom. The van der Waals surface area contributed by atoms with Gasteiger partial charge in [0.05, 0.1) is 16.2 Å². The van der Waals surface area contributed by atoms with Crippen molar-refractivity contribution in [3.8, 4) is 5.75 Å². The molecule has 3 rings (SSSR count). The molecule has 0 aliphatic rings. The van der Waals surface area contributed by atoms with Crippen LogP contribution in [-0.2, 0) is 14.6 Å².